The van der Waals surface area contributed by atoms with E-state index in [9.17, 15) is 0 Å². The molecule has 2 rings (SSSR count). The van der Waals surface area contributed by atoms with Gasteiger partial charge in [0.15, 0.2) is 0 Å². The summed E-state index contributed by atoms with van der Waals surface area (Å²) in [5.74, 6) is 2.66. The maximum absolute atomic E-state index is 6.40. The highest BCUT2D eigenvalue weighted by molar-refractivity contribution is 5.00. The minimum absolute atomic E-state index is 0.253. The lowest BCUT2D eigenvalue weighted by Gasteiger charge is -2.49. The van der Waals surface area contributed by atoms with E-state index in [0.29, 0.717) is 0 Å². The van der Waals surface area contributed by atoms with Crippen molar-refractivity contribution in [3.8, 4) is 0 Å². The molecule has 0 spiro atoms. The Balaban J connectivity index is 1.98. The Morgan fingerprint density at radius 3 is 1.92 bits per heavy atom. The van der Waals surface area contributed by atoms with Gasteiger partial charge in [0.25, 0.3) is 0 Å². The lowest BCUT2D eigenvalue weighted by atomic mass is 9.61. The van der Waals surface area contributed by atoms with Gasteiger partial charge in [-0.05, 0) is 56.3 Å². The van der Waals surface area contributed by atoms with Gasteiger partial charge in [0.05, 0.1) is 0 Å². The van der Waals surface area contributed by atoms with Gasteiger partial charge in [-0.2, -0.15) is 0 Å². The van der Waals surface area contributed by atoms with Gasteiger partial charge in [-0.25, -0.2) is 0 Å². The van der Waals surface area contributed by atoms with Gasteiger partial charge in [0.2, 0.25) is 0 Å². The van der Waals surface area contributed by atoms with Crippen molar-refractivity contribution in [2.45, 2.75) is 57.9 Å². The first-order valence-electron chi connectivity index (χ1n) is 5.89. The third kappa shape index (κ3) is 1.76. The van der Waals surface area contributed by atoms with Gasteiger partial charge in [-0.1, -0.05) is 13.8 Å². The molecule has 0 amide bonds. The third-order valence-electron chi connectivity index (χ3n) is 4.28. The highest BCUT2D eigenvalue weighted by Gasteiger charge is 2.42. The Hall–Kier alpha value is -0.0400. The molecular weight excluding hydrogens is 158 g/mol. The SMILES string of the molecule is CC1CC(C)CC(C2(N)CCC2)C1. The van der Waals surface area contributed by atoms with Crippen LogP contribution in [0, 0.1) is 17.8 Å². The Morgan fingerprint density at radius 1 is 1.00 bits per heavy atom. The quantitative estimate of drug-likeness (QED) is 0.661. The minimum atomic E-state index is 0.253. The summed E-state index contributed by atoms with van der Waals surface area (Å²) in [5.41, 5.74) is 6.65. The first kappa shape index (κ1) is 9.51. The van der Waals surface area contributed by atoms with Crippen LogP contribution in [0.3, 0.4) is 0 Å². The van der Waals surface area contributed by atoms with Crippen molar-refractivity contribution in [3.63, 3.8) is 0 Å². The van der Waals surface area contributed by atoms with Crippen LogP contribution in [0.2, 0.25) is 0 Å². The van der Waals surface area contributed by atoms with Crippen LogP contribution in [-0.4, -0.2) is 5.54 Å². The summed E-state index contributed by atoms with van der Waals surface area (Å²) in [6.07, 6.45) is 8.15. The molecule has 2 saturated carbocycles. The molecule has 2 atom stereocenters. The van der Waals surface area contributed by atoms with Crippen LogP contribution in [-0.2, 0) is 0 Å². The zero-order chi connectivity index (χ0) is 9.47. The van der Waals surface area contributed by atoms with Crippen LogP contribution in [0.4, 0.5) is 0 Å². The highest BCUT2D eigenvalue weighted by Crippen LogP contribution is 2.45. The second-order valence-corrected chi connectivity index (χ2v) is 5.70. The molecule has 0 saturated heterocycles. The third-order valence-corrected chi connectivity index (χ3v) is 4.28. The van der Waals surface area contributed by atoms with Crippen LogP contribution in [0.25, 0.3) is 0 Å². The molecule has 2 unspecified atom stereocenters. The maximum atomic E-state index is 6.40. The smallest absolute Gasteiger partial charge is 0.0183 e. The lowest BCUT2D eigenvalue weighted by Crippen LogP contribution is -2.54. The summed E-state index contributed by atoms with van der Waals surface area (Å²) in [6, 6.07) is 0. The second kappa shape index (κ2) is 3.27. The molecule has 13 heavy (non-hydrogen) atoms. The zero-order valence-corrected chi connectivity index (χ0v) is 9.05. The predicted octanol–water partition coefficient (Wildman–Crippen LogP) is 2.94. The Bertz CT molecular complexity index is 174. The van der Waals surface area contributed by atoms with Crippen molar-refractivity contribution >= 4 is 0 Å². The molecule has 1 nitrogen and oxygen atoms in total. The molecule has 76 valence electrons. The van der Waals surface area contributed by atoms with Gasteiger partial charge in [-0.3, -0.25) is 0 Å². The van der Waals surface area contributed by atoms with E-state index in [0.717, 1.165) is 17.8 Å². The molecule has 0 heterocycles. The molecule has 0 aromatic carbocycles. The molecule has 0 aromatic heterocycles. The summed E-state index contributed by atoms with van der Waals surface area (Å²) in [5, 5.41) is 0. The Kier molecular flexibility index (Phi) is 2.39. The number of hydrogen-bond donors (Lipinski definition) is 1. The van der Waals surface area contributed by atoms with Gasteiger partial charge in [-0.15, -0.1) is 0 Å². The first-order chi connectivity index (χ1) is 6.10. The van der Waals surface area contributed by atoms with E-state index in [1.807, 2.05) is 0 Å². The molecule has 2 fully saturated rings. The lowest BCUT2D eigenvalue weighted by molar-refractivity contribution is 0.0777. The molecule has 2 aliphatic carbocycles. The van der Waals surface area contributed by atoms with Gasteiger partial charge >= 0.3 is 0 Å². The van der Waals surface area contributed by atoms with Crippen molar-refractivity contribution in [2.24, 2.45) is 23.5 Å². The van der Waals surface area contributed by atoms with Crippen molar-refractivity contribution in [2.75, 3.05) is 0 Å². The van der Waals surface area contributed by atoms with E-state index >= 15 is 0 Å². The van der Waals surface area contributed by atoms with Crippen LogP contribution in [0.15, 0.2) is 0 Å². The minimum Gasteiger partial charge on any atom is -0.325 e. The monoisotopic (exact) mass is 181 g/mol. The zero-order valence-electron chi connectivity index (χ0n) is 9.05. The van der Waals surface area contributed by atoms with E-state index in [2.05, 4.69) is 13.8 Å². The second-order valence-electron chi connectivity index (χ2n) is 5.70. The van der Waals surface area contributed by atoms with Crippen LogP contribution < -0.4 is 5.73 Å². The van der Waals surface area contributed by atoms with Crippen molar-refractivity contribution in [3.05, 3.63) is 0 Å². The summed E-state index contributed by atoms with van der Waals surface area (Å²) < 4.78 is 0. The molecule has 0 aromatic rings. The topological polar surface area (TPSA) is 26.0 Å². The fraction of sp³-hybridized carbons (Fsp3) is 1.00. The number of rotatable bonds is 1. The molecule has 1 heteroatoms. The van der Waals surface area contributed by atoms with Crippen LogP contribution in [0.5, 0.6) is 0 Å². The van der Waals surface area contributed by atoms with Gasteiger partial charge in [0, 0.05) is 5.54 Å². The fourth-order valence-corrected chi connectivity index (χ4v) is 3.41. The van der Waals surface area contributed by atoms with E-state index in [4.69, 9.17) is 5.73 Å². The van der Waals surface area contributed by atoms with Crippen molar-refractivity contribution < 1.29 is 0 Å². The van der Waals surface area contributed by atoms with Crippen molar-refractivity contribution in [1.29, 1.82) is 0 Å². The molecular formula is C12H23N. The van der Waals surface area contributed by atoms with E-state index in [-0.39, 0.29) is 5.54 Å². The Morgan fingerprint density at radius 2 is 1.54 bits per heavy atom. The average molecular weight is 181 g/mol. The highest BCUT2D eigenvalue weighted by atomic mass is 14.8. The van der Waals surface area contributed by atoms with Crippen molar-refractivity contribution in [1.82, 2.24) is 0 Å². The predicted molar refractivity (Wildman–Crippen MR) is 56.4 cm³/mol. The maximum Gasteiger partial charge on any atom is 0.0183 e. The Labute approximate surface area is 82.1 Å². The average Bonchev–Trinajstić information content (AvgIpc) is 1.98. The molecule has 2 aliphatic rings. The number of hydrogen-bond acceptors (Lipinski definition) is 1. The summed E-state index contributed by atoms with van der Waals surface area (Å²) >= 11 is 0. The van der Waals surface area contributed by atoms with Gasteiger partial charge in [0.1, 0.15) is 0 Å². The molecule has 0 aliphatic heterocycles. The molecule has 0 bridgehead atoms. The molecule has 0 radical (unpaired) electrons. The summed E-state index contributed by atoms with van der Waals surface area (Å²) in [4.78, 5) is 0. The number of nitrogens with two attached hydrogens (primary N) is 1. The summed E-state index contributed by atoms with van der Waals surface area (Å²) in [7, 11) is 0. The van der Waals surface area contributed by atoms with Crippen LogP contribution >= 0.6 is 0 Å². The normalized spacial score (nSPS) is 44.1. The van der Waals surface area contributed by atoms with Gasteiger partial charge < -0.3 is 5.73 Å². The largest absolute Gasteiger partial charge is 0.325 e. The summed E-state index contributed by atoms with van der Waals surface area (Å²) in [6.45, 7) is 4.79. The molecule has 2 N–H and O–H groups in total. The van der Waals surface area contributed by atoms with E-state index in [1.54, 1.807) is 0 Å². The van der Waals surface area contributed by atoms with E-state index in [1.165, 1.54) is 38.5 Å². The standard InChI is InChI=1S/C12H23N/c1-9-6-10(2)8-11(7-9)12(13)4-3-5-12/h9-11H,3-8,13H2,1-2H3. The van der Waals surface area contributed by atoms with Crippen LogP contribution in [0.1, 0.15) is 52.4 Å². The van der Waals surface area contributed by atoms with E-state index < -0.39 is 0 Å². The first-order valence-corrected chi connectivity index (χ1v) is 5.89. The fourth-order valence-electron chi connectivity index (χ4n) is 3.41.